The molecule has 1 saturated heterocycles. The Bertz CT molecular complexity index is 747. The molecule has 24 heavy (non-hydrogen) atoms. The van der Waals surface area contributed by atoms with Crippen LogP contribution in [-0.4, -0.2) is 42.0 Å². The van der Waals surface area contributed by atoms with Gasteiger partial charge in [0, 0.05) is 43.9 Å². The number of halogens is 2. The molecule has 1 aliphatic rings. The van der Waals surface area contributed by atoms with Crippen molar-refractivity contribution in [2.75, 3.05) is 31.1 Å². The summed E-state index contributed by atoms with van der Waals surface area (Å²) in [7, 11) is 0. The van der Waals surface area contributed by atoms with Crippen molar-refractivity contribution in [2.24, 2.45) is 5.73 Å². The van der Waals surface area contributed by atoms with Crippen molar-refractivity contribution in [2.45, 2.75) is 6.54 Å². The van der Waals surface area contributed by atoms with E-state index in [4.69, 9.17) is 17.3 Å². The number of carbonyl (C=O) groups excluding carboxylic acids is 1. The third kappa shape index (κ3) is 3.66. The number of benzene rings is 1. The maximum absolute atomic E-state index is 13.4. The van der Waals surface area contributed by atoms with Crippen LogP contribution in [0.4, 0.5) is 10.2 Å². The summed E-state index contributed by atoms with van der Waals surface area (Å²) in [6, 6.07) is 7.79. The van der Waals surface area contributed by atoms with E-state index in [1.54, 1.807) is 24.4 Å². The van der Waals surface area contributed by atoms with Crippen LogP contribution in [0.5, 0.6) is 0 Å². The number of hydrogen-bond donors (Lipinski definition) is 1. The van der Waals surface area contributed by atoms with Crippen LogP contribution in [0, 0.1) is 5.82 Å². The molecule has 5 nitrogen and oxygen atoms in total. The minimum atomic E-state index is -0.480. The topological polar surface area (TPSA) is 62.5 Å². The van der Waals surface area contributed by atoms with Gasteiger partial charge in [-0.3, -0.25) is 9.69 Å². The molecule has 3 rings (SSSR count). The maximum atomic E-state index is 13.4. The lowest BCUT2D eigenvalue weighted by molar-refractivity contribution is 0.1000. The van der Waals surface area contributed by atoms with Gasteiger partial charge in [0.05, 0.1) is 5.56 Å². The number of amides is 1. The van der Waals surface area contributed by atoms with Gasteiger partial charge in [0.2, 0.25) is 0 Å². The Morgan fingerprint density at radius 3 is 2.71 bits per heavy atom. The van der Waals surface area contributed by atoms with E-state index in [0.717, 1.165) is 18.7 Å². The van der Waals surface area contributed by atoms with E-state index in [1.807, 2.05) is 4.90 Å². The number of anilines is 1. The average Bonchev–Trinajstić information content (AvgIpc) is 2.59. The number of piperazine rings is 1. The van der Waals surface area contributed by atoms with Crippen LogP contribution in [0.1, 0.15) is 15.9 Å². The molecule has 0 saturated carbocycles. The molecule has 7 heteroatoms. The molecule has 0 bridgehead atoms. The number of nitrogens with two attached hydrogens (primary N) is 1. The van der Waals surface area contributed by atoms with E-state index in [0.29, 0.717) is 36.0 Å². The number of nitrogens with zero attached hydrogens (tertiary/aromatic N) is 3. The predicted molar refractivity (Wildman–Crippen MR) is 91.7 cm³/mol. The van der Waals surface area contributed by atoms with E-state index in [-0.39, 0.29) is 5.82 Å². The second-order valence-electron chi connectivity index (χ2n) is 5.74. The normalized spacial score (nSPS) is 15.5. The van der Waals surface area contributed by atoms with Crippen LogP contribution in [0.2, 0.25) is 5.02 Å². The monoisotopic (exact) mass is 348 g/mol. The zero-order valence-corrected chi connectivity index (χ0v) is 13.8. The summed E-state index contributed by atoms with van der Waals surface area (Å²) < 4.78 is 13.4. The van der Waals surface area contributed by atoms with Crippen LogP contribution in [0.3, 0.4) is 0 Å². The molecule has 0 aliphatic carbocycles. The minimum absolute atomic E-state index is 0.285. The Balaban J connectivity index is 1.66. The van der Waals surface area contributed by atoms with Crippen molar-refractivity contribution in [3.63, 3.8) is 0 Å². The summed E-state index contributed by atoms with van der Waals surface area (Å²) in [5.74, 6) is -0.145. The Labute approximate surface area is 144 Å². The van der Waals surface area contributed by atoms with Gasteiger partial charge in [0.1, 0.15) is 11.6 Å². The zero-order chi connectivity index (χ0) is 17.1. The van der Waals surface area contributed by atoms with Crippen LogP contribution in [-0.2, 0) is 6.54 Å². The first-order valence-electron chi connectivity index (χ1n) is 7.70. The molecular formula is C17H18ClFN4O. The molecule has 0 spiro atoms. The van der Waals surface area contributed by atoms with Crippen LogP contribution in [0.25, 0.3) is 0 Å². The number of carbonyl (C=O) groups is 1. The molecule has 2 aromatic rings. The van der Waals surface area contributed by atoms with E-state index < -0.39 is 5.91 Å². The van der Waals surface area contributed by atoms with E-state index >= 15 is 0 Å². The van der Waals surface area contributed by atoms with Gasteiger partial charge in [-0.15, -0.1) is 0 Å². The highest BCUT2D eigenvalue weighted by molar-refractivity contribution is 6.31. The predicted octanol–water partition coefficient (Wildman–Crippen LogP) is 2.30. The number of pyridine rings is 1. The molecule has 1 aromatic carbocycles. The molecule has 1 fully saturated rings. The van der Waals surface area contributed by atoms with E-state index in [9.17, 15) is 9.18 Å². The van der Waals surface area contributed by atoms with Crippen molar-refractivity contribution >= 4 is 23.3 Å². The van der Waals surface area contributed by atoms with Gasteiger partial charge < -0.3 is 10.6 Å². The van der Waals surface area contributed by atoms with Gasteiger partial charge in [-0.2, -0.15) is 0 Å². The van der Waals surface area contributed by atoms with Gasteiger partial charge >= 0.3 is 0 Å². The van der Waals surface area contributed by atoms with Crippen molar-refractivity contribution in [1.82, 2.24) is 9.88 Å². The summed E-state index contributed by atoms with van der Waals surface area (Å²) in [4.78, 5) is 20.1. The Kier molecular flexibility index (Phi) is 4.97. The van der Waals surface area contributed by atoms with Crippen LogP contribution >= 0.6 is 11.6 Å². The second-order valence-corrected chi connectivity index (χ2v) is 6.14. The third-order valence-electron chi connectivity index (χ3n) is 4.13. The lowest BCUT2D eigenvalue weighted by atomic mass is 10.1. The highest BCUT2D eigenvalue weighted by atomic mass is 35.5. The highest BCUT2D eigenvalue weighted by Crippen LogP contribution is 2.22. The molecule has 0 unspecified atom stereocenters. The van der Waals surface area contributed by atoms with Gasteiger partial charge in [-0.1, -0.05) is 11.6 Å². The summed E-state index contributed by atoms with van der Waals surface area (Å²) >= 11 is 6.13. The van der Waals surface area contributed by atoms with Crippen LogP contribution in [0.15, 0.2) is 36.5 Å². The molecule has 1 aromatic heterocycles. The summed E-state index contributed by atoms with van der Waals surface area (Å²) in [6.45, 7) is 3.55. The smallest absolute Gasteiger partial charge is 0.252 e. The average molecular weight is 349 g/mol. The van der Waals surface area contributed by atoms with Crippen molar-refractivity contribution in [3.8, 4) is 0 Å². The Hall–Kier alpha value is -2.18. The number of hydrogen-bond acceptors (Lipinski definition) is 4. The molecule has 126 valence electrons. The van der Waals surface area contributed by atoms with Gasteiger partial charge in [-0.25, -0.2) is 9.37 Å². The standard InChI is InChI=1S/C17H18ClFN4O/c18-15-4-3-13(19)10-12(15)11-22-6-8-23(9-7-22)17-14(16(20)24)2-1-5-21-17/h1-5,10H,6-9,11H2,(H2,20,24). The summed E-state index contributed by atoms with van der Waals surface area (Å²) in [5.41, 5.74) is 6.62. The number of rotatable bonds is 4. The molecule has 1 aliphatic heterocycles. The lowest BCUT2D eigenvalue weighted by Gasteiger charge is -2.36. The Morgan fingerprint density at radius 1 is 1.25 bits per heavy atom. The molecular weight excluding hydrogens is 331 g/mol. The van der Waals surface area contributed by atoms with Gasteiger partial charge in [0.25, 0.3) is 5.91 Å². The molecule has 2 heterocycles. The largest absolute Gasteiger partial charge is 0.365 e. The second kappa shape index (κ2) is 7.15. The molecule has 2 N–H and O–H groups in total. The third-order valence-corrected chi connectivity index (χ3v) is 4.49. The number of aromatic nitrogens is 1. The first-order chi connectivity index (χ1) is 11.5. The fourth-order valence-electron chi connectivity index (χ4n) is 2.86. The number of primary amides is 1. The SMILES string of the molecule is NC(=O)c1cccnc1N1CCN(Cc2cc(F)ccc2Cl)CC1. The van der Waals surface area contributed by atoms with Crippen molar-refractivity contribution in [1.29, 1.82) is 0 Å². The first kappa shape index (κ1) is 16.7. The molecule has 0 radical (unpaired) electrons. The van der Waals surface area contributed by atoms with Crippen molar-refractivity contribution < 1.29 is 9.18 Å². The fraction of sp³-hybridized carbons (Fsp3) is 0.294. The van der Waals surface area contributed by atoms with Gasteiger partial charge in [-0.05, 0) is 35.9 Å². The highest BCUT2D eigenvalue weighted by Gasteiger charge is 2.22. The fourth-order valence-corrected chi connectivity index (χ4v) is 3.04. The summed E-state index contributed by atoms with van der Waals surface area (Å²) in [6.07, 6.45) is 1.65. The van der Waals surface area contributed by atoms with E-state index in [1.165, 1.54) is 12.1 Å². The lowest BCUT2D eigenvalue weighted by Crippen LogP contribution is -2.46. The van der Waals surface area contributed by atoms with Crippen molar-refractivity contribution in [3.05, 3.63) is 58.5 Å². The van der Waals surface area contributed by atoms with Gasteiger partial charge in [0.15, 0.2) is 0 Å². The molecule has 0 atom stereocenters. The minimum Gasteiger partial charge on any atom is -0.365 e. The Morgan fingerprint density at radius 2 is 2.00 bits per heavy atom. The first-order valence-corrected chi connectivity index (χ1v) is 8.08. The maximum Gasteiger partial charge on any atom is 0.252 e. The zero-order valence-electron chi connectivity index (χ0n) is 13.1. The van der Waals surface area contributed by atoms with Crippen LogP contribution < -0.4 is 10.6 Å². The molecule has 1 amide bonds. The summed E-state index contributed by atoms with van der Waals surface area (Å²) in [5, 5.41) is 0.569. The van der Waals surface area contributed by atoms with E-state index in [2.05, 4.69) is 9.88 Å². The quantitative estimate of drug-likeness (QED) is 0.921.